The molecular weight excluding hydrogens is 510 g/mol. The third-order valence-corrected chi connectivity index (χ3v) is 7.30. The number of benzene rings is 3. The quantitative estimate of drug-likeness (QED) is 0.148. The number of nitrogens with one attached hydrogen (secondary N) is 1. The van der Waals surface area contributed by atoms with Crippen LogP contribution in [0.25, 0.3) is 38.6 Å². The maximum absolute atomic E-state index is 13.1. The molecular formula is C30H21N5O3S. The summed E-state index contributed by atoms with van der Waals surface area (Å²) >= 11 is 1.32. The van der Waals surface area contributed by atoms with Crippen LogP contribution >= 0.6 is 11.3 Å². The van der Waals surface area contributed by atoms with Crippen LogP contribution in [0.5, 0.6) is 11.5 Å². The van der Waals surface area contributed by atoms with Gasteiger partial charge in [-0.3, -0.25) is 0 Å². The summed E-state index contributed by atoms with van der Waals surface area (Å²) in [5, 5.41) is 15.3. The minimum atomic E-state index is -0.489. The molecule has 6 aromatic rings. The Balaban J connectivity index is 1.27. The van der Waals surface area contributed by atoms with Crippen molar-refractivity contribution in [1.29, 1.82) is 5.26 Å². The number of nitrogens with zero attached hydrogens (tertiary/aromatic N) is 4. The highest BCUT2D eigenvalue weighted by Gasteiger charge is 2.20. The molecule has 0 spiro atoms. The summed E-state index contributed by atoms with van der Waals surface area (Å²) in [5.41, 5.74) is 4.44. The maximum atomic E-state index is 13.1. The smallest absolute Gasteiger partial charge is 0.353 e. The van der Waals surface area contributed by atoms with E-state index < -0.39 is 5.97 Å². The molecule has 0 unspecified atom stereocenters. The molecule has 0 radical (unpaired) electrons. The Morgan fingerprint density at radius 1 is 1.05 bits per heavy atom. The summed E-state index contributed by atoms with van der Waals surface area (Å²) in [6.45, 7) is 1.92. The minimum Gasteiger partial charge on any atom is -0.493 e. The lowest BCUT2D eigenvalue weighted by Gasteiger charge is -2.09. The molecule has 0 saturated carbocycles. The average molecular weight is 532 g/mol. The molecule has 1 N–H and O–H groups in total. The highest BCUT2D eigenvalue weighted by molar-refractivity contribution is 7.20. The van der Waals surface area contributed by atoms with E-state index in [2.05, 4.69) is 21.1 Å². The Kier molecular flexibility index (Phi) is 6.15. The first-order valence-electron chi connectivity index (χ1n) is 12.1. The zero-order chi connectivity index (χ0) is 26.9. The topological polar surface area (TPSA) is 106 Å². The number of thiophene rings is 1. The molecule has 0 atom stereocenters. The van der Waals surface area contributed by atoms with Crippen LogP contribution in [0.15, 0.2) is 78.9 Å². The van der Waals surface area contributed by atoms with Crippen molar-refractivity contribution < 1.29 is 14.3 Å². The predicted octanol–water partition coefficient (Wildman–Crippen LogP) is 6.56. The number of carbonyl (C=O) groups excluding carboxylic acids is 1. The summed E-state index contributed by atoms with van der Waals surface area (Å²) in [4.78, 5) is 22.1. The Bertz CT molecular complexity index is 1890. The molecule has 39 heavy (non-hydrogen) atoms. The van der Waals surface area contributed by atoms with Crippen molar-refractivity contribution in [2.75, 3.05) is 7.11 Å². The molecule has 6 rings (SSSR count). The van der Waals surface area contributed by atoms with Crippen molar-refractivity contribution in [2.45, 2.75) is 6.92 Å². The van der Waals surface area contributed by atoms with Gasteiger partial charge in [0.2, 0.25) is 0 Å². The number of hydrogen-bond acceptors (Lipinski definition) is 7. The van der Waals surface area contributed by atoms with Crippen LogP contribution in [0, 0.1) is 18.3 Å². The number of imidazole rings is 1. The van der Waals surface area contributed by atoms with Crippen molar-refractivity contribution in [3.63, 3.8) is 0 Å². The molecule has 8 nitrogen and oxygen atoms in total. The molecule has 3 aromatic carbocycles. The zero-order valence-corrected chi connectivity index (χ0v) is 21.8. The summed E-state index contributed by atoms with van der Waals surface area (Å²) in [5.74, 6) is 0.631. The zero-order valence-electron chi connectivity index (χ0n) is 21.0. The summed E-state index contributed by atoms with van der Waals surface area (Å²) in [7, 11) is 1.50. The molecule has 3 aromatic heterocycles. The number of allylic oxidation sites excluding steroid dienone is 1. The maximum Gasteiger partial charge on any atom is 0.353 e. The van der Waals surface area contributed by atoms with Gasteiger partial charge in [-0.25, -0.2) is 14.5 Å². The molecule has 0 amide bonds. The van der Waals surface area contributed by atoms with Gasteiger partial charge in [0.05, 0.1) is 35.1 Å². The second-order valence-electron chi connectivity index (χ2n) is 8.73. The Labute approximate surface area is 227 Å². The number of aromatic nitrogens is 4. The molecule has 0 fully saturated rings. The van der Waals surface area contributed by atoms with Crippen LogP contribution in [0.4, 0.5) is 0 Å². The van der Waals surface area contributed by atoms with E-state index in [0.717, 1.165) is 32.6 Å². The van der Waals surface area contributed by atoms with E-state index in [-0.39, 0.29) is 5.75 Å². The van der Waals surface area contributed by atoms with E-state index in [1.54, 1.807) is 30.3 Å². The molecule has 3 heterocycles. The van der Waals surface area contributed by atoms with E-state index in [1.165, 1.54) is 18.4 Å². The van der Waals surface area contributed by atoms with E-state index in [4.69, 9.17) is 9.47 Å². The van der Waals surface area contributed by atoms with Crippen molar-refractivity contribution >= 4 is 50.2 Å². The number of carbonyl (C=O) groups is 1. The predicted molar refractivity (Wildman–Crippen MR) is 151 cm³/mol. The van der Waals surface area contributed by atoms with Gasteiger partial charge in [0.25, 0.3) is 0 Å². The van der Waals surface area contributed by atoms with Crippen LogP contribution in [-0.4, -0.2) is 32.8 Å². The van der Waals surface area contributed by atoms with Crippen LogP contribution in [0.1, 0.15) is 26.8 Å². The lowest BCUT2D eigenvalue weighted by Crippen LogP contribution is -2.07. The highest BCUT2D eigenvalue weighted by Crippen LogP contribution is 2.34. The lowest BCUT2D eigenvalue weighted by molar-refractivity contribution is 0.0735. The van der Waals surface area contributed by atoms with Crippen LogP contribution in [0.2, 0.25) is 0 Å². The number of aryl methyl sites for hydroxylation is 1. The van der Waals surface area contributed by atoms with Gasteiger partial charge >= 0.3 is 5.97 Å². The number of para-hydroxylation sites is 3. The van der Waals surface area contributed by atoms with Gasteiger partial charge in [0.15, 0.2) is 11.5 Å². The van der Waals surface area contributed by atoms with E-state index in [9.17, 15) is 10.1 Å². The van der Waals surface area contributed by atoms with Crippen LogP contribution in [-0.2, 0) is 0 Å². The lowest BCUT2D eigenvalue weighted by atomic mass is 10.1. The summed E-state index contributed by atoms with van der Waals surface area (Å²) in [6.07, 6.45) is 1.70. The first kappa shape index (κ1) is 24.2. The molecule has 0 aliphatic heterocycles. The number of ether oxygens (including phenoxy) is 2. The van der Waals surface area contributed by atoms with Gasteiger partial charge in [0.1, 0.15) is 21.6 Å². The fourth-order valence-corrected chi connectivity index (χ4v) is 5.36. The van der Waals surface area contributed by atoms with Gasteiger partial charge in [-0.2, -0.15) is 10.4 Å². The van der Waals surface area contributed by atoms with E-state index in [1.807, 2.05) is 66.2 Å². The van der Waals surface area contributed by atoms with E-state index in [0.29, 0.717) is 27.6 Å². The number of fused-ring (bicyclic) bond motifs is 2. The largest absolute Gasteiger partial charge is 0.493 e. The minimum absolute atomic E-state index is 0.278. The van der Waals surface area contributed by atoms with Gasteiger partial charge in [-0.05, 0) is 61.0 Å². The average Bonchev–Trinajstić information content (AvgIpc) is 3.67. The fourth-order valence-electron chi connectivity index (χ4n) is 4.30. The van der Waals surface area contributed by atoms with Crippen molar-refractivity contribution in [1.82, 2.24) is 19.7 Å². The molecule has 0 aliphatic rings. The number of esters is 1. The second-order valence-corrected chi connectivity index (χ2v) is 9.77. The number of methoxy groups -OCH3 is 1. The summed E-state index contributed by atoms with van der Waals surface area (Å²) < 4.78 is 13.1. The molecule has 0 aliphatic carbocycles. The molecule has 190 valence electrons. The Hall–Kier alpha value is -5.20. The van der Waals surface area contributed by atoms with Gasteiger partial charge in [-0.15, -0.1) is 11.3 Å². The Morgan fingerprint density at radius 3 is 2.62 bits per heavy atom. The first-order valence-corrected chi connectivity index (χ1v) is 12.9. The number of hydrogen-bond donors (Lipinski definition) is 1. The van der Waals surface area contributed by atoms with Gasteiger partial charge in [0, 0.05) is 5.39 Å². The highest BCUT2D eigenvalue weighted by atomic mass is 32.1. The monoisotopic (exact) mass is 531 g/mol. The number of aromatic amines is 1. The standard InChI is InChI=1S/C30H21N5O3S/c1-18-22-16-27(39-29(22)35(34-18)21-8-4-3-5-9-21)30(36)38-25-13-12-19(15-26(25)37-2)14-20(17-31)28-32-23-10-6-7-11-24(23)33-28/h3-16H,1-2H3,(H,32,33)/b20-14-. The third kappa shape index (κ3) is 4.54. The fraction of sp³-hybridized carbons (Fsp3) is 0.0667. The SMILES string of the molecule is COc1cc(/C=C(/C#N)c2nc3ccccc3[nH]2)ccc1OC(=O)c1cc2c(C)nn(-c3ccccc3)c2s1. The summed E-state index contributed by atoms with van der Waals surface area (Å²) in [6, 6.07) is 26.5. The third-order valence-electron chi connectivity index (χ3n) is 6.21. The number of H-pyrrole nitrogens is 1. The number of rotatable bonds is 6. The second kappa shape index (κ2) is 9.93. The van der Waals surface area contributed by atoms with Gasteiger partial charge < -0.3 is 14.5 Å². The van der Waals surface area contributed by atoms with Crippen LogP contribution < -0.4 is 9.47 Å². The molecule has 0 bridgehead atoms. The molecule has 0 saturated heterocycles. The van der Waals surface area contributed by atoms with Crippen molar-refractivity contribution in [3.05, 3.63) is 101 Å². The van der Waals surface area contributed by atoms with Crippen molar-refractivity contribution in [3.8, 4) is 23.3 Å². The van der Waals surface area contributed by atoms with Crippen molar-refractivity contribution in [2.24, 2.45) is 0 Å². The van der Waals surface area contributed by atoms with E-state index >= 15 is 0 Å². The first-order chi connectivity index (χ1) is 19.0. The molecule has 9 heteroatoms. The number of nitriles is 1. The van der Waals surface area contributed by atoms with Crippen LogP contribution in [0.3, 0.4) is 0 Å². The van der Waals surface area contributed by atoms with Gasteiger partial charge in [-0.1, -0.05) is 36.4 Å². The normalized spacial score (nSPS) is 11.6. The Morgan fingerprint density at radius 2 is 1.85 bits per heavy atom.